The molecule has 3 atom stereocenters. The van der Waals surface area contributed by atoms with E-state index in [1.165, 1.54) is 0 Å². The summed E-state index contributed by atoms with van der Waals surface area (Å²) in [5.41, 5.74) is 1.17. The fourth-order valence-electron chi connectivity index (χ4n) is 2.82. The second kappa shape index (κ2) is 9.59. The van der Waals surface area contributed by atoms with Crippen molar-refractivity contribution in [1.29, 1.82) is 0 Å². The number of aryl methyl sites for hydroxylation is 1. The van der Waals surface area contributed by atoms with Gasteiger partial charge in [0.2, 0.25) is 0 Å². The van der Waals surface area contributed by atoms with Crippen molar-refractivity contribution >= 4 is 28.7 Å². The molecule has 0 N–H and O–H groups in total. The van der Waals surface area contributed by atoms with Gasteiger partial charge in [-0.1, -0.05) is 35.9 Å². The summed E-state index contributed by atoms with van der Waals surface area (Å²) in [5.74, 6) is -0.749. The average Bonchev–Trinajstić information content (AvgIpc) is 3.04. The average molecular weight is 410 g/mol. The largest absolute Gasteiger partial charge is 0.750 e. The van der Waals surface area contributed by atoms with Crippen LogP contribution in [-0.2, 0) is 31.5 Å². The van der Waals surface area contributed by atoms with Gasteiger partial charge in [-0.25, -0.2) is 4.21 Å². The molecule has 0 saturated heterocycles. The minimum Gasteiger partial charge on any atom is -0.750 e. The second-order valence-electron chi connectivity index (χ2n) is 7.47. The van der Waals surface area contributed by atoms with E-state index in [1.54, 1.807) is 32.1 Å². The molecule has 0 aliphatic rings. The predicted octanol–water partition coefficient (Wildman–Crippen LogP) is 4.50. The van der Waals surface area contributed by atoms with Crippen LogP contribution in [0.3, 0.4) is 0 Å². The lowest BCUT2D eigenvalue weighted by Crippen LogP contribution is -2.28. The molecule has 1 aromatic heterocycles. The molecule has 0 fully saturated rings. The first-order valence-electron chi connectivity index (χ1n) is 8.71. The van der Waals surface area contributed by atoms with E-state index >= 15 is 0 Å². The number of hydrogen-bond donors (Lipinski definition) is 0. The van der Waals surface area contributed by atoms with Crippen LogP contribution in [0.5, 0.6) is 0 Å². The van der Waals surface area contributed by atoms with Gasteiger partial charge in [-0.3, -0.25) is 8.98 Å². The van der Waals surface area contributed by atoms with Crippen molar-refractivity contribution in [2.75, 3.05) is 0 Å². The molecule has 5 nitrogen and oxygen atoms in total. The third-order valence-corrected chi connectivity index (χ3v) is 5.17. The number of hydrogen-bond acceptors (Lipinski definition) is 6. The van der Waals surface area contributed by atoms with Crippen molar-refractivity contribution in [3.63, 3.8) is 0 Å². The summed E-state index contributed by atoms with van der Waals surface area (Å²) in [4.78, 5) is 13.5. The van der Waals surface area contributed by atoms with Gasteiger partial charge in [-0.05, 0) is 51.1 Å². The topological polar surface area (TPSA) is 75.7 Å². The van der Waals surface area contributed by atoms with E-state index in [1.807, 2.05) is 48.7 Å². The molecule has 0 amide bonds. The van der Waals surface area contributed by atoms with E-state index in [2.05, 4.69) is 0 Å². The Balaban J connectivity index is 2.31. The molecule has 0 aliphatic heterocycles. The van der Waals surface area contributed by atoms with Crippen LogP contribution >= 0.6 is 11.3 Å². The number of carbonyl (C=O) groups is 1. The van der Waals surface area contributed by atoms with E-state index < -0.39 is 23.1 Å². The van der Waals surface area contributed by atoms with Crippen LogP contribution in [0.4, 0.5) is 0 Å². The van der Waals surface area contributed by atoms with Crippen molar-refractivity contribution in [3.05, 3.63) is 57.8 Å². The molecule has 2 aromatic rings. The fraction of sp³-hybridized carbons (Fsp3) is 0.450. The molecular formula is C20H25O5S2-. The lowest BCUT2D eigenvalue weighted by molar-refractivity contribution is -0.156. The predicted molar refractivity (Wildman–Crippen MR) is 106 cm³/mol. The molecule has 7 heteroatoms. The minimum absolute atomic E-state index is 0.0604. The highest BCUT2D eigenvalue weighted by Crippen LogP contribution is 2.34. The highest BCUT2D eigenvalue weighted by molar-refractivity contribution is 7.74. The highest BCUT2D eigenvalue weighted by atomic mass is 32.2. The van der Waals surface area contributed by atoms with E-state index in [0.717, 1.165) is 16.0 Å². The summed E-state index contributed by atoms with van der Waals surface area (Å²) in [6.45, 7) is 7.37. The third kappa shape index (κ3) is 7.54. The maximum Gasteiger partial charge on any atom is 0.306 e. The number of ether oxygens (including phenoxy) is 1. The van der Waals surface area contributed by atoms with Crippen LogP contribution in [0, 0.1) is 12.8 Å². The van der Waals surface area contributed by atoms with Crippen LogP contribution in [-0.4, -0.2) is 20.3 Å². The monoisotopic (exact) mass is 409 g/mol. The SMILES string of the molecule is Cc1ccc(C(OS(=O)[O-])C(CC(=O)OC(C)(C)C)Cc2cccs2)cc1. The molecule has 0 spiro atoms. The Hall–Kier alpha value is -1.54. The van der Waals surface area contributed by atoms with E-state index in [4.69, 9.17) is 8.92 Å². The van der Waals surface area contributed by atoms with Gasteiger partial charge in [0.1, 0.15) is 11.7 Å². The van der Waals surface area contributed by atoms with Gasteiger partial charge >= 0.3 is 5.97 Å². The fourth-order valence-corrected chi connectivity index (χ4v) is 4.05. The number of benzene rings is 1. The number of thiophene rings is 1. The zero-order valence-corrected chi connectivity index (χ0v) is 17.6. The molecule has 1 aromatic carbocycles. The molecule has 1 heterocycles. The number of rotatable bonds is 8. The summed E-state index contributed by atoms with van der Waals surface area (Å²) in [6.07, 6.45) is -0.184. The summed E-state index contributed by atoms with van der Waals surface area (Å²) in [7, 11) is 0. The molecule has 0 radical (unpaired) electrons. The lowest BCUT2D eigenvalue weighted by atomic mass is 9.89. The molecule has 3 unspecified atom stereocenters. The molecule has 0 bridgehead atoms. The van der Waals surface area contributed by atoms with Crippen LogP contribution in [0.15, 0.2) is 41.8 Å². The molecule has 27 heavy (non-hydrogen) atoms. The van der Waals surface area contributed by atoms with Crippen LogP contribution in [0.1, 0.15) is 49.3 Å². The van der Waals surface area contributed by atoms with Crippen molar-refractivity contribution < 1.29 is 22.5 Å². The normalized spacial score (nSPS) is 15.1. The number of esters is 1. The van der Waals surface area contributed by atoms with Crippen molar-refractivity contribution in [2.24, 2.45) is 5.92 Å². The van der Waals surface area contributed by atoms with Gasteiger partial charge in [-0.15, -0.1) is 11.3 Å². The quantitative estimate of drug-likeness (QED) is 0.474. The standard InChI is InChI=1S/C20H26O5S2/c1-14-7-9-15(10-8-14)19(25-27(22)23)16(12-17-6-5-11-26-17)13-18(21)24-20(2,3)4/h5-11,16,19H,12-13H2,1-4H3,(H,22,23)/p-1. The molecular weight excluding hydrogens is 384 g/mol. The summed E-state index contributed by atoms with van der Waals surface area (Å²) in [6, 6.07) is 11.4. The van der Waals surface area contributed by atoms with Gasteiger partial charge in [0.05, 0.1) is 17.8 Å². The highest BCUT2D eigenvalue weighted by Gasteiger charge is 2.30. The van der Waals surface area contributed by atoms with E-state index in [0.29, 0.717) is 6.42 Å². The lowest BCUT2D eigenvalue weighted by Gasteiger charge is -2.29. The van der Waals surface area contributed by atoms with Gasteiger partial charge in [0.15, 0.2) is 0 Å². The summed E-state index contributed by atoms with van der Waals surface area (Å²) in [5, 5.41) is 1.95. The van der Waals surface area contributed by atoms with E-state index in [-0.39, 0.29) is 18.3 Å². The summed E-state index contributed by atoms with van der Waals surface area (Å²) < 4.78 is 33.4. The van der Waals surface area contributed by atoms with Crippen LogP contribution < -0.4 is 0 Å². The van der Waals surface area contributed by atoms with Gasteiger partial charge in [0, 0.05) is 10.8 Å². The Kier molecular flexibility index (Phi) is 7.73. The van der Waals surface area contributed by atoms with Crippen LogP contribution in [0.2, 0.25) is 0 Å². The van der Waals surface area contributed by atoms with Crippen molar-refractivity contribution in [2.45, 2.75) is 52.2 Å². The Labute approximate surface area is 167 Å². The first-order valence-corrected chi connectivity index (χ1v) is 10.6. The molecule has 148 valence electrons. The Morgan fingerprint density at radius 3 is 2.41 bits per heavy atom. The van der Waals surface area contributed by atoms with Crippen molar-refractivity contribution in [3.8, 4) is 0 Å². The Morgan fingerprint density at radius 1 is 1.22 bits per heavy atom. The smallest absolute Gasteiger partial charge is 0.306 e. The maximum absolute atomic E-state index is 12.4. The zero-order valence-electron chi connectivity index (χ0n) is 16.0. The summed E-state index contributed by atoms with van der Waals surface area (Å²) >= 11 is -1.14. The van der Waals surface area contributed by atoms with E-state index in [9.17, 15) is 13.6 Å². The molecule has 0 saturated carbocycles. The zero-order chi connectivity index (χ0) is 20.0. The van der Waals surface area contributed by atoms with Gasteiger partial charge in [0.25, 0.3) is 0 Å². The van der Waals surface area contributed by atoms with Gasteiger partial charge < -0.3 is 9.29 Å². The maximum atomic E-state index is 12.4. The molecule has 0 aliphatic carbocycles. The first-order chi connectivity index (χ1) is 12.6. The van der Waals surface area contributed by atoms with Crippen LogP contribution in [0.25, 0.3) is 0 Å². The van der Waals surface area contributed by atoms with Gasteiger partial charge in [-0.2, -0.15) is 0 Å². The second-order valence-corrected chi connectivity index (χ2v) is 9.10. The Bertz CT molecular complexity index is 748. The molecule has 2 rings (SSSR count). The van der Waals surface area contributed by atoms with Crippen molar-refractivity contribution in [1.82, 2.24) is 0 Å². The third-order valence-electron chi connectivity index (χ3n) is 3.91. The first kappa shape index (κ1) is 21.8. The number of carbonyl (C=O) groups excluding carboxylic acids is 1. The Morgan fingerprint density at radius 2 is 1.89 bits per heavy atom. The minimum atomic E-state index is -2.70.